The number of pyridine rings is 1. The number of aliphatic hydroxyl groups is 1. The fourth-order valence-corrected chi connectivity index (χ4v) is 4.61. The van der Waals surface area contributed by atoms with Gasteiger partial charge in [-0.05, 0) is 68.8 Å². The van der Waals surface area contributed by atoms with E-state index in [9.17, 15) is 9.90 Å². The lowest BCUT2D eigenvalue weighted by Gasteiger charge is -2.41. The summed E-state index contributed by atoms with van der Waals surface area (Å²) < 4.78 is 0. The van der Waals surface area contributed by atoms with Gasteiger partial charge in [-0.25, -0.2) is 0 Å². The summed E-state index contributed by atoms with van der Waals surface area (Å²) in [5, 5.41) is 9.26. The van der Waals surface area contributed by atoms with Crippen LogP contribution in [-0.2, 0) is 6.42 Å². The van der Waals surface area contributed by atoms with Gasteiger partial charge in [-0.1, -0.05) is 36.4 Å². The van der Waals surface area contributed by atoms with Crippen LogP contribution in [0.15, 0.2) is 54.7 Å². The molecule has 1 saturated heterocycles. The molecule has 1 amide bonds. The molecule has 154 valence electrons. The molecule has 1 N–H and O–H groups in total. The van der Waals surface area contributed by atoms with Gasteiger partial charge in [0.05, 0.1) is 6.61 Å². The van der Waals surface area contributed by atoms with E-state index in [2.05, 4.69) is 39.0 Å². The zero-order chi connectivity index (χ0) is 20.1. The second kappa shape index (κ2) is 9.51. The van der Waals surface area contributed by atoms with Crippen LogP contribution in [0.25, 0.3) is 0 Å². The first-order chi connectivity index (χ1) is 14.3. The van der Waals surface area contributed by atoms with Crippen LogP contribution in [0.2, 0.25) is 0 Å². The van der Waals surface area contributed by atoms with Crippen LogP contribution in [-0.4, -0.2) is 64.1 Å². The Labute approximate surface area is 173 Å². The molecular formula is C24H31N3O2. The Morgan fingerprint density at radius 3 is 2.41 bits per heavy atom. The molecule has 0 radical (unpaired) electrons. The molecule has 29 heavy (non-hydrogen) atoms. The van der Waals surface area contributed by atoms with Crippen LogP contribution in [0.5, 0.6) is 0 Å². The van der Waals surface area contributed by atoms with Crippen molar-refractivity contribution in [2.75, 3.05) is 26.2 Å². The maximum atomic E-state index is 13.5. The van der Waals surface area contributed by atoms with Gasteiger partial charge in [-0.15, -0.1) is 0 Å². The molecule has 5 heteroatoms. The minimum absolute atomic E-state index is 0.0758. The molecule has 1 aromatic heterocycles. The maximum Gasteiger partial charge on any atom is 0.272 e. The monoisotopic (exact) mass is 393 g/mol. The summed E-state index contributed by atoms with van der Waals surface area (Å²) in [5.41, 5.74) is 1.84. The number of carbonyl (C=O) groups excluding carboxylic acids is 1. The highest BCUT2D eigenvalue weighted by Gasteiger charge is 2.41. The summed E-state index contributed by atoms with van der Waals surface area (Å²) in [4.78, 5) is 22.3. The van der Waals surface area contributed by atoms with Crippen molar-refractivity contribution in [1.29, 1.82) is 0 Å². The first kappa shape index (κ1) is 20.0. The Kier molecular flexibility index (Phi) is 6.57. The third-order valence-corrected chi connectivity index (χ3v) is 6.30. The number of hydrogen-bond acceptors (Lipinski definition) is 4. The van der Waals surface area contributed by atoms with Crippen molar-refractivity contribution in [1.82, 2.24) is 14.8 Å². The number of likely N-dealkylation sites (tertiary alicyclic amines) is 1. The Morgan fingerprint density at radius 1 is 1.07 bits per heavy atom. The number of piperidine rings is 1. The highest BCUT2D eigenvalue weighted by molar-refractivity contribution is 5.93. The molecule has 2 heterocycles. The summed E-state index contributed by atoms with van der Waals surface area (Å²) in [6, 6.07) is 16.7. The van der Waals surface area contributed by atoms with Gasteiger partial charge in [0.15, 0.2) is 0 Å². The van der Waals surface area contributed by atoms with Crippen LogP contribution in [0.4, 0.5) is 0 Å². The highest BCUT2D eigenvalue weighted by Crippen LogP contribution is 2.36. The third-order valence-electron chi connectivity index (χ3n) is 6.30. The molecule has 0 unspecified atom stereocenters. The quantitative estimate of drug-likeness (QED) is 0.749. The van der Waals surface area contributed by atoms with E-state index < -0.39 is 0 Å². The molecule has 0 spiro atoms. The van der Waals surface area contributed by atoms with E-state index in [-0.39, 0.29) is 18.6 Å². The predicted octanol–water partition coefficient (Wildman–Crippen LogP) is 3.00. The first-order valence-electron chi connectivity index (χ1n) is 10.9. The van der Waals surface area contributed by atoms with Gasteiger partial charge >= 0.3 is 0 Å². The van der Waals surface area contributed by atoms with Crippen LogP contribution in [0, 0.1) is 5.92 Å². The van der Waals surface area contributed by atoms with E-state index in [1.807, 2.05) is 24.3 Å². The van der Waals surface area contributed by atoms with E-state index in [1.165, 1.54) is 5.56 Å². The second-order valence-electron chi connectivity index (χ2n) is 8.32. The molecule has 1 aromatic carbocycles. The zero-order valence-corrected chi connectivity index (χ0v) is 17.0. The van der Waals surface area contributed by atoms with Crippen molar-refractivity contribution in [2.24, 2.45) is 5.92 Å². The molecule has 1 aliphatic heterocycles. The van der Waals surface area contributed by atoms with Gasteiger partial charge in [0.25, 0.3) is 5.91 Å². The molecule has 2 fully saturated rings. The Bertz CT molecular complexity index is 771. The third kappa shape index (κ3) is 5.03. The van der Waals surface area contributed by atoms with Gasteiger partial charge in [-0.3, -0.25) is 9.78 Å². The summed E-state index contributed by atoms with van der Waals surface area (Å²) in [5.74, 6) is 0.547. The number of benzene rings is 1. The average molecular weight is 394 g/mol. The van der Waals surface area contributed by atoms with E-state index >= 15 is 0 Å². The molecule has 2 aliphatic rings. The maximum absolute atomic E-state index is 13.5. The molecule has 2 aromatic rings. The van der Waals surface area contributed by atoms with E-state index in [0.717, 1.165) is 51.7 Å². The van der Waals surface area contributed by atoms with Crippen molar-refractivity contribution in [3.05, 3.63) is 66.0 Å². The molecule has 5 nitrogen and oxygen atoms in total. The topological polar surface area (TPSA) is 56.7 Å². The van der Waals surface area contributed by atoms with Gasteiger partial charge in [0.1, 0.15) is 5.69 Å². The van der Waals surface area contributed by atoms with E-state index in [0.29, 0.717) is 17.7 Å². The van der Waals surface area contributed by atoms with Gasteiger partial charge in [-0.2, -0.15) is 0 Å². The fraction of sp³-hybridized carbons (Fsp3) is 0.500. The normalized spacial score (nSPS) is 19.1. The lowest BCUT2D eigenvalue weighted by atomic mass is 9.84. The summed E-state index contributed by atoms with van der Waals surface area (Å²) >= 11 is 0. The molecule has 1 saturated carbocycles. The molecule has 0 bridgehead atoms. The minimum atomic E-state index is 0.0758. The SMILES string of the molecule is O=C(c1ccccn1)N(C1CC1)[C@@H](Cc1ccccc1)C1CCN(CCO)CC1. The van der Waals surface area contributed by atoms with E-state index in [1.54, 1.807) is 6.20 Å². The summed E-state index contributed by atoms with van der Waals surface area (Å²) in [6.45, 7) is 2.94. The van der Waals surface area contributed by atoms with Crippen LogP contribution < -0.4 is 0 Å². The summed E-state index contributed by atoms with van der Waals surface area (Å²) in [6.07, 6.45) is 6.91. The minimum Gasteiger partial charge on any atom is -0.395 e. The average Bonchev–Trinajstić information content (AvgIpc) is 3.60. The summed E-state index contributed by atoms with van der Waals surface area (Å²) in [7, 11) is 0. The Balaban J connectivity index is 1.58. The Morgan fingerprint density at radius 2 is 1.79 bits per heavy atom. The molecule has 1 aliphatic carbocycles. The molecular weight excluding hydrogens is 362 g/mol. The van der Waals surface area contributed by atoms with Crippen molar-refractivity contribution in [3.8, 4) is 0 Å². The number of β-amino-alcohol motifs (C(OH)–C–C–N with tert-alkyl or cyclic N) is 1. The number of aromatic nitrogens is 1. The van der Waals surface area contributed by atoms with Crippen molar-refractivity contribution < 1.29 is 9.90 Å². The number of rotatable bonds is 8. The van der Waals surface area contributed by atoms with Crippen LogP contribution >= 0.6 is 0 Å². The number of aliphatic hydroxyl groups excluding tert-OH is 1. The number of carbonyl (C=O) groups is 1. The van der Waals surface area contributed by atoms with E-state index in [4.69, 9.17) is 0 Å². The standard InChI is InChI=1S/C24H31N3O2/c28-17-16-26-14-11-20(12-15-26)23(18-19-6-2-1-3-7-19)27(21-9-10-21)24(29)22-8-4-5-13-25-22/h1-8,13,20-21,23,28H,9-12,14-18H2/t23-/m0/s1. The van der Waals surface area contributed by atoms with Crippen LogP contribution in [0.3, 0.4) is 0 Å². The van der Waals surface area contributed by atoms with Crippen molar-refractivity contribution in [3.63, 3.8) is 0 Å². The molecule has 4 rings (SSSR count). The smallest absolute Gasteiger partial charge is 0.272 e. The number of nitrogens with zero attached hydrogens (tertiary/aromatic N) is 3. The Hall–Kier alpha value is -2.24. The van der Waals surface area contributed by atoms with Crippen molar-refractivity contribution in [2.45, 2.75) is 44.2 Å². The first-order valence-corrected chi connectivity index (χ1v) is 10.9. The fourth-order valence-electron chi connectivity index (χ4n) is 4.61. The number of hydrogen-bond donors (Lipinski definition) is 1. The van der Waals surface area contributed by atoms with Gasteiger partial charge in [0, 0.05) is 24.8 Å². The lowest BCUT2D eigenvalue weighted by Crippen LogP contribution is -2.50. The molecule has 1 atom stereocenters. The van der Waals surface area contributed by atoms with Crippen LogP contribution in [0.1, 0.15) is 41.7 Å². The number of amides is 1. The zero-order valence-electron chi connectivity index (χ0n) is 17.0. The second-order valence-corrected chi connectivity index (χ2v) is 8.32. The highest BCUT2D eigenvalue weighted by atomic mass is 16.3. The van der Waals surface area contributed by atoms with Crippen molar-refractivity contribution >= 4 is 5.91 Å². The lowest BCUT2D eigenvalue weighted by molar-refractivity contribution is 0.0469. The largest absolute Gasteiger partial charge is 0.395 e. The predicted molar refractivity (Wildman–Crippen MR) is 114 cm³/mol. The van der Waals surface area contributed by atoms with Gasteiger partial charge < -0.3 is 14.9 Å². The van der Waals surface area contributed by atoms with Gasteiger partial charge in [0.2, 0.25) is 0 Å².